The molecule has 3 aromatic rings. The second-order valence-corrected chi connectivity index (χ2v) is 8.26. The highest BCUT2D eigenvalue weighted by Crippen LogP contribution is 2.34. The zero-order chi connectivity index (χ0) is 23.4. The number of likely N-dealkylation sites (N-methyl/N-ethyl adjacent to an activating group) is 1. The number of nitrogen functional groups attached to an aromatic ring is 1. The van der Waals surface area contributed by atoms with E-state index in [0.717, 1.165) is 17.7 Å². The number of carbonyl (C=O) groups is 1. The van der Waals surface area contributed by atoms with E-state index in [9.17, 15) is 9.18 Å². The number of hydrogen-bond donors (Lipinski definition) is 2. The smallest absolute Gasteiger partial charge is 0.231 e. The Labute approximate surface area is 192 Å². The first-order chi connectivity index (χ1) is 15.9. The van der Waals surface area contributed by atoms with Crippen LogP contribution in [0, 0.1) is 11.7 Å². The molecule has 2 aromatic carbocycles. The average Bonchev–Trinajstić information content (AvgIpc) is 2.79. The van der Waals surface area contributed by atoms with Crippen LogP contribution < -0.4 is 20.5 Å². The number of nitrogens with one attached hydrogen (secondary N) is 1. The van der Waals surface area contributed by atoms with Crippen LogP contribution in [0.25, 0.3) is 11.1 Å². The summed E-state index contributed by atoms with van der Waals surface area (Å²) in [4.78, 5) is 19.1. The quantitative estimate of drug-likeness (QED) is 0.572. The fourth-order valence-corrected chi connectivity index (χ4v) is 3.68. The summed E-state index contributed by atoms with van der Waals surface area (Å²) in [7, 11) is 3.93. The van der Waals surface area contributed by atoms with E-state index in [1.165, 1.54) is 6.07 Å². The van der Waals surface area contributed by atoms with Crippen molar-refractivity contribution in [2.75, 3.05) is 44.9 Å². The minimum atomic E-state index is -0.436. The first-order valence-electron chi connectivity index (χ1n) is 10.7. The van der Waals surface area contributed by atoms with Gasteiger partial charge in [0.15, 0.2) is 11.6 Å². The van der Waals surface area contributed by atoms with E-state index in [4.69, 9.17) is 15.2 Å². The Balaban J connectivity index is 1.54. The number of amides is 1. The highest BCUT2D eigenvalue weighted by molar-refractivity contribution is 5.95. The SMILES string of the molecule is CN(C)CCOc1cc(-c2ccnc(N)c2)ccc1NC(=O)C1COc2c(F)cccc2C1. The second kappa shape index (κ2) is 9.87. The van der Waals surface area contributed by atoms with Crippen LogP contribution in [0.3, 0.4) is 0 Å². The molecule has 1 aromatic heterocycles. The van der Waals surface area contributed by atoms with Crippen molar-refractivity contribution in [3.63, 3.8) is 0 Å². The van der Waals surface area contributed by atoms with E-state index in [0.29, 0.717) is 35.8 Å². The number of carbonyl (C=O) groups excluding carboxylic acids is 1. The second-order valence-electron chi connectivity index (χ2n) is 8.26. The highest BCUT2D eigenvalue weighted by Gasteiger charge is 2.28. The fourth-order valence-electron chi connectivity index (χ4n) is 3.68. The van der Waals surface area contributed by atoms with Crippen LogP contribution >= 0.6 is 0 Å². The topological polar surface area (TPSA) is 89.7 Å². The van der Waals surface area contributed by atoms with E-state index in [2.05, 4.69) is 10.3 Å². The molecule has 172 valence electrons. The monoisotopic (exact) mass is 450 g/mol. The van der Waals surface area contributed by atoms with Gasteiger partial charge in [0.2, 0.25) is 5.91 Å². The first kappa shape index (κ1) is 22.5. The van der Waals surface area contributed by atoms with Crippen molar-refractivity contribution >= 4 is 17.4 Å². The van der Waals surface area contributed by atoms with E-state index in [1.807, 2.05) is 43.3 Å². The van der Waals surface area contributed by atoms with Crippen molar-refractivity contribution < 1.29 is 18.7 Å². The van der Waals surface area contributed by atoms with Crippen molar-refractivity contribution in [3.05, 3.63) is 66.1 Å². The maximum atomic E-state index is 13.9. The Kier molecular flexibility index (Phi) is 6.74. The standard InChI is InChI=1S/C25H27FN4O3/c1-30(2)10-11-32-22-13-16(17-8-9-28-23(27)14-17)6-7-21(22)29-25(31)19-12-18-4-3-5-20(26)24(18)33-15-19/h3-9,13-14,19H,10-12,15H2,1-2H3,(H2,27,28)(H,29,31). The lowest BCUT2D eigenvalue weighted by Gasteiger charge is -2.25. The molecule has 33 heavy (non-hydrogen) atoms. The number of aromatic nitrogens is 1. The fraction of sp³-hybridized carbons (Fsp3) is 0.280. The molecular weight excluding hydrogens is 423 g/mol. The van der Waals surface area contributed by atoms with Gasteiger partial charge in [-0.2, -0.15) is 0 Å². The Morgan fingerprint density at radius 2 is 2.06 bits per heavy atom. The third-order valence-corrected chi connectivity index (χ3v) is 5.46. The summed E-state index contributed by atoms with van der Waals surface area (Å²) in [6.45, 7) is 1.29. The van der Waals surface area contributed by atoms with Gasteiger partial charge in [-0.3, -0.25) is 4.79 Å². The number of benzene rings is 2. The molecule has 7 nitrogen and oxygen atoms in total. The number of halogens is 1. The Bertz CT molecular complexity index is 1150. The molecular formula is C25H27FN4O3. The summed E-state index contributed by atoms with van der Waals surface area (Å²) in [6, 6.07) is 14.0. The van der Waals surface area contributed by atoms with Crippen LogP contribution in [-0.2, 0) is 11.2 Å². The average molecular weight is 451 g/mol. The predicted octanol–water partition coefficient (Wildman–Crippen LogP) is 3.60. The Morgan fingerprint density at radius 3 is 2.85 bits per heavy atom. The number of nitrogens with two attached hydrogens (primary N) is 1. The van der Waals surface area contributed by atoms with Gasteiger partial charge in [-0.15, -0.1) is 0 Å². The molecule has 2 heterocycles. The van der Waals surface area contributed by atoms with E-state index in [1.54, 1.807) is 24.4 Å². The van der Waals surface area contributed by atoms with Crippen LogP contribution in [-0.4, -0.2) is 49.6 Å². The number of anilines is 2. The van der Waals surface area contributed by atoms with Crippen molar-refractivity contribution in [2.45, 2.75) is 6.42 Å². The third kappa shape index (κ3) is 5.40. The molecule has 4 rings (SSSR count). The van der Waals surface area contributed by atoms with Gasteiger partial charge in [0, 0.05) is 12.7 Å². The molecule has 0 radical (unpaired) electrons. The molecule has 0 fully saturated rings. The zero-order valence-electron chi connectivity index (χ0n) is 18.7. The molecule has 0 spiro atoms. The number of nitrogens with zero attached hydrogens (tertiary/aromatic N) is 2. The molecule has 0 bridgehead atoms. The normalized spacial score (nSPS) is 15.0. The summed E-state index contributed by atoms with van der Waals surface area (Å²) in [5, 5.41) is 2.97. The molecule has 0 aliphatic carbocycles. The number of pyridine rings is 1. The van der Waals surface area contributed by atoms with Crippen LogP contribution in [0.4, 0.5) is 15.9 Å². The van der Waals surface area contributed by atoms with Crippen LogP contribution in [0.2, 0.25) is 0 Å². The van der Waals surface area contributed by atoms with Crippen molar-refractivity contribution in [2.24, 2.45) is 5.92 Å². The molecule has 1 aliphatic rings. The third-order valence-electron chi connectivity index (χ3n) is 5.46. The highest BCUT2D eigenvalue weighted by atomic mass is 19.1. The van der Waals surface area contributed by atoms with Gasteiger partial charge in [0.05, 0.1) is 11.6 Å². The Morgan fingerprint density at radius 1 is 1.24 bits per heavy atom. The number of ether oxygens (including phenoxy) is 2. The minimum absolute atomic E-state index is 0.116. The molecule has 1 aliphatic heterocycles. The maximum Gasteiger partial charge on any atom is 0.231 e. The molecule has 1 amide bonds. The van der Waals surface area contributed by atoms with Crippen molar-refractivity contribution in [3.8, 4) is 22.6 Å². The van der Waals surface area contributed by atoms with E-state index >= 15 is 0 Å². The lowest BCUT2D eigenvalue weighted by Crippen LogP contribution is -2.33. The van der Waals surface area contributed by atoms with Gasteiger partial charge in [0.1, 0.15) is 24.8 Å². The number of rotatable bonds is 7. The van der Waals surface area contributed by atoms with Crippen LogP contribution in [0.5, 0.6) is 11.5 Å². The van der Waals surface area contributed by atoms with Gasteiger partial charge in [0.25, 0.3) is 0 Å². The summed E-state index contributed by atoms with van der Waals surface area (Å²) >= 11 is 0. The summed E-state index contributed by atoms with van der Waals surface area (Å²) < 4.78 is 25.5. The van der Waals surface area contributed by atoms with Crippen LogP contribution in [0.1, 0.15) is 5.56 Å². The molecule has 0 saturated carbocycles. The molecule has 8 heteroatoms. The van der Waals surface area contributed by atoms with Gasteiger partial charge in [-0.05, 0) is 67.5 Å². The molecule has 0 saturated heterocycles. The number of para-hydroxylation sites is 1. The first-order valence-corrected chi connectivity index (χ1v) is 10.7. The van der Waals surface area contributed by atoms with Crippen molar-refractivity contribution in [1.82, 2.24) is 9.88 Å². The largest absolute Gasteiger partial charge is 0.490 e. The summed E-state index contributed by atoms with van der Waals surface area (Å²) in [6.07, 6.45) is 2.06. The maximum absolute atomic E-state index is 13.9. The number of fused-ring (bicyclic) bond motifs is 1. The molecule has 1 unspecified atom stereocenters. The molecule has 3 N–H and O–H groups in total. The number of hydrogen-bond acceptors (Lipinski definition) is 6. The lowest BCUT2D eigenvalue weighted by molar-refractivity contribution is -0.121. The van der Waals surface area contributed by atoms with E-state index in [-0.39, 0.29) is 18.3 Å². The lowest BCUT2D eigenvalue weighted by atomic mass is 9.95. The minimum Gasteiger partial charge on any atom is -0.490 e. The summed E-state index contributed by atoms with van der Waals surface area (Å²) in [5.41, 5.74) is 8.88. The van der Waals surface area contributed by atoms with Crippen LogP contribution in [0.15, 0.2) is 54.7 Å². The van der Waals surface area contributed by atoms with E-state index < -0.39 is 11.7 Å². The summed E-state index contributed by atoms with van der Waals surface area (Å²) in [5.74, 6) is 0.164. The van der Waals surface area contributed by atoms with Gasteiger partial charge < -0.3 is 25.4 Å². The van der Waals surface area contributed by atoms with Gasteiger partial charge in [-0.25, -0.2) is 9.37 Å². The Hall–Kier alpha value is -3.65. The van der Waals surface area contributed by atoms with Crippen molar-refractivity contribution in [1.29, 1.82) is 0 Å². The molecule has 1 atom stereocenters. The van der Waals surface area contributed by atoms with Gasteiger partial charge >= 0.3 is 0 Å². The zero-order valence-corrected chi connectivity index (χ0v) is 18.7. The van der Waals surface area contributed by atoms with Gasteiger partial charge in [-0.1, -0.05) is 18.2 Å². The predicted molar refractivity (Wildman–Crippen MR) is 126 cm³/mol.